The summed E-state index contributed by atoms with van der Waals surface area (Å²) in [5.74, 6) is 0.396. The van der Waals surface area contributed by atoms with E-state index < -0.39 is 0 Å². The largest absolute Gasteiger partial charge is 0.381 e. The second-order valence-electron chi connectivity index (χ2n) is 5.84. The van der Waals surface area contributed by atoms with Crippen molar-refractivity contribution in [1.82, 2.24) is 15.5 Å². The number of amides is 1. The topological polar surface area (TPSA) is 67.0 Å². The smallest absolute Gasteiger partial charge is 0.220 e. The van der Waals surface area contributed by atoms with Crippen LogP contribution in [0.5, 0.6) is 0 Å². The summed E-state index contributed by atoms with van der Waals surface area (Å²) in [5, 5.41) is 10.7. The zero-order valence-corrected chi connectivity index (χ0v) is 13.6. The highest BCUT2D eigenvalue weighted by molar-refractivity contribution is 6.30. The van der Waals surface area contributed by atoms with Gasteiger partial charge >= 0.3 is 0 Å². The number of aromatic amines is 1. The van der Waals surface area contributed by atoms with Crippen LogP contribution in [0.25, 0.3) is 11.3 Å². The molecule has 1 atom stereocenters. The number of rotatable bonds is 5. The van der Waals surface area contributed by atoms with Crippen LogP contribution in [0.15, 0.2) is 30.5 Å². The summed E-state index contributed by atoms with van der Waals surface area (Å²) >= 11 is 5.92. The van der Waals surface area contributed by atoms with Crippen LogP contribution < -0.4 is 5.32 Å². The molecule has 1 amide bonds. The molecule has 1 aromatic heterocycles. The fourth-order valence-electron chi connectivity index (χ4n) is 2.81. The zero-order chi connectivity index (χ0) is 16.1. The molecule has 1 aliphatic heterocycles. The summed E-state index contributed by atoms with van der Waals surface area (Å²) in [6.45, 7) is 1.97. The molecule has 2 heterocycles. The summed E-state index contributed by atoms with van der Waals surface area (Å²) in [5.41, 5.74) is 2.86. The molecule has 0 aliphatic carbocycles. The Labute approximate surface area is 140 Å². The monoisotopic (exact) mass is 333 g/mol. The minimum Gasteiger partial charge on any atom is -0.381 e. The third-order valence-electron chi connectivity index (χ3n) is 4.06. The predicted molar refractivity (Wildman–Crippen MR) is 89.0 cm³/mol. The number of hydrogen-bond donors (Lipinski definition) is 2. The van der Waals surface area contributed by atoms with Gasteiger partial charge in [0.25, 0.3) is 0 Å². The highest BCUT2D eigenvalue weighted by atomic mass is 35.5. The van der Waals surface area contributed by atoms with Gasteiger partial charge in [0.15, 0.2) is 0 Å². The van der Waals surface area contributed by atoms with Crippen molar-refractivity contribution in [3.63, 3.8) is 0 Å². The maximum Gasteiger partial charge on any atom is 0.220 e. The number of H-pyrrole nitrogens is 1. The second kappa shape index (κ2) is 7.62. The lowest BCUT2D eigenvalue weighted by atomic mass is 9.98. The van der Waals surface area contributed by atoms with Crippen LogP contribution in [0.3, 0.4) is 0 Å². The average molecular weight is 334 g/mol. The molecule has 1 fully saturated rings. The number of nitrogens with one attached hydrogen (secondary N) is 2. The van der Waals surface area contributed by atoms with E-state index in [0.717, 1.165) is 36.3 Å². The summed E-state index contributed by atoms with van der Waals surface area (Å²) < 4.78 is 5.41. The Morgan fingerprint density at radius 2 is 2.22 bits per heavy atom. The third kappa shape index (κ3) is 4.33. The zero-order valence-electron chi connectivity index (χ0n) is 12.8. The van der Waals surface area contributed by atoms with E-state index in [1.54, 1.807) is 6.20 Å². The van der Waals surface area contributed by atoms with Crippen molar-refractivity contribution in [3.8, 4) is 11.3 Å². The van der Waals surface area contributed by atoms with Gasteiger partial charge in [0.05, 0.1) is 11.9 Å². The van der Waals surface area contributed by atoms with E-state index in [1.807, 2.05) is 24.3 Å². The van der Waals surface area contributed by atoms with Crippen molar-refractivity contribution in [2.75, 3.05) is 13.2 Å². The van der Waals surface area contributed by atoms with Crippen LogP contribution in [-0.2, 0) is 16.1 Å². The Morgan fingerprint density at radius 3 is 2.96 bits per heavy atom. The molecule has 1 aromatic carbocycles. The summed E-state index contributed by atoms with van der Waals surface area (Å²) in [4.78, 5) is 12.1. The maximum atomic E-state index is 12.1. The van der Waals surface area contributed by atoms with Gasteiger partial charge in [0, 0.05) is 36.8 Å². The second-order valence-corrected chi connectivity index (χ2v) is 6.28. The molecule has 3 rings (SSSR count). The van der Waals surface area contributed by atoms with Crippen LogP contribution >= 0.6 is 11.6 Å². The summed E-state index contributed by atoms with van der Waals surface area (Å²) in [7, 11) is 0. The van der Waals surface area contributed by atoms with Crippen LogP contribution in [0.4, 0.5) is 0 Å². The molecule has 1 aliphatic rings. The van der Waals surface area contributed by atoms with Crippen LogP contribution in [0.2, 0.25) is 5.02 Å². The van der Waals surface area contributed by atoms with Crippen molar-refractivity contribution < 1.29 is 9.53 Å². The first-order valence-electron chi connectivity index (χ1n) is 7.85. The summed E-state index contributed by atoms with van der Waals surface area (Å²) in [6, 6.07) is 7.54. The molecule has 23 heavy (non-hydrogen) atoms. The van der Waals surface area contributed by atoms with E-state index in [9.17, 15) is 4.79 Å². The molecule has 122 valence electrons. The highest BCUT2D eigenvalue weighted by Crippen LogP contribution is 2.23. The van der Waals surface area contributed by atoms with Gasteiger partial charge in [-0.05, 0) is 36.5 Å². The van der Waals surface area contributed by atoms with Gasteiger partial charge in [0.2, 0.25) is 5.91 Å². The molecule has 2 N–H and O–H groups in total. The van der Waals surface area contributed by atoms with Crippen LogP contribution in [0.1, 0.15) is 24.8 Å². The fourth-order valence-corrected chi connectivity index (χ4v) is 2.93. The van der Waals surface area contributed by atoms with Gasteiger partial charge in [-0.15, -0.1) is 0 Å². The molecule has 2 aromatic rings. The van der Waals surface area contributed by atoms with E-state index in [4.69, 9.17) is 16.3 Å². The molecule has 0 bridgehead atoms. The number of benzene rings is 1. The van der Waals surface area contributed by atoms with Crippen LogP contribution in [-0.4, -0.2) is 29.3 Å². The third-order valence-corrected chi connectivity index (χ3v) is 4.31. The normalized spacial score (nSPS) is 17.9. The van der Waals surface area contributed by atoms with Crippen molar-refractivity contribution in [2.24, 2.45) is 5.92 Å². The quantitative estimate of drug-likeness (QED) is 0.883. The Bertz CT molecular complexity index is 648. The lowest BCUT2D eigenvalue weighted by Crippen LogP contribution is -2.28. The van der Waals surface area contributed by atoms with Gasteiger partial charge in [-0.2, -0.15) is 5.10 Å². The minimum atomic E-state index is 0.0590. The predicted octanol–water partition coefficient (Wildman–Crippen LogP) is 3.16. The molecule has 1 saturated heterocycles. The Kier molecular flexibility index (Phi) is 5.31. The van der Waals surface area contributed by atoms with E-state index in [-0.39, 0.29) is 5.91 Å². The van der Waals surface area contributed by atoms with E-state index in [2.05, 4.69) is 15.5 Å². The number of nitrogens with zero attached hydrogens (tertiary/aromatic N) is 1. The molecule has 0 spiro atoms. The molecule has 0 saturated carbocycles. The van der Waals surface area contributed by atoms with Gasteiger partial charge in [0.1, 0.15) is 0 Å². The van der Waals surface area contributed by atoms with E-state index >= 15 is 0 Å². The molecular weight excluding hydrogens is 314 g/mol. The molecule has 0 radical (unpaired) electrons. The van der Waals surface area contributed by atoms with E-state index in [0.29, 0.717) is 30.5 Å². The van der Waals surface area contributed by atoms with Crippen molar-refractivity contribution in [2.45, 2.75) is 25.8 Å². The van der Waals surface area contributed by atoms with Gasteiger partial charge < -0.3 is 10.1 Å². The van der Waals surface area contributed by atoms with Gasteiger partial charge in [-0.25, -0.2) is 0 Å². The molecule has 1 unspecified atom stereocenters. The average Bonchev–Trinajstić information content (AvgIpc) is 3.03. The Morgan fingerprint density at radius 1 is 1.39 bits per heavy atom. The first-order valence-corrected chi connectivity index (χ1v) is 8.23. The number of ether oxygens (including phenoxy) is 1. The van der Waals surface area contributed by atoms with Gasteiger partial charge in [-0.3, -0.25) is 9.89 Å². The fraction of sp³-hybridized carbons (Fsp3) is 0.412. The Balaban J connectivity index is 1.57. The Hall–Kier alpha value is -1.85. The van der Waals surface area contributed by atoms with Crippen LogP contribution in [0, 0.1) is 5.92 Å². The number of hydrogen-bond acceptors (Lipinski definition) is 3. The minimum absolute atomic E-state index is 0.0590. The number of carbonyl (C=O) groups excluding carboxylic acids is 1. The van der Waals surface area contributed by atoms with Crippen molar-refractivity contribution >= 4 is 17.5 Å². The first kappa shape index (κ1) is 16.0. The highest BCUT2D eigenvalue weighted by Gasteiger charge is 2.18. The number of carbonyl (C=O) groups is 1. The first-order chi connectivity index (χ1) is 11.2. The number of aromatic nitrogens is 2. The summed E-state index contributed by atoms with van der Waals surface area (Å²) in [6.07, 6.45) is 4.37. The molecule has 5 nitrogen and oxygen atoms in total. The standard InChI is InChI=1S/C17H20ClN3O2/c18-15-5-3-13(4-6-15)17-14(10-20-21-17)9-19-16(22)8-12-2-1-7-23-11-12/h3-6,10,12H,1-2,7-9,11H2,(H,19,22)(H,20,21). The molecule has 6 heteroatoms. The lowest BCUT2D eigenvalue weighted by Gasteiger charge is -2.21. The molecular formula is C17H20ClN3O2. The van der Waals surface area contributed by atoms with Gasteiger partial charge in [-0.1, -0.05) is 23.7 Å². The SMILES string of the molecule is O=C(CC1CCCOC1)NCc1cn[nH]c1-c1ccc(Cl)cc1. The maximum absolute atomic E-state index is 12.1. The van der Waals surface area contributed by atoms with Crippen molar-refractivity contribution in [1.29, 1.82) is 0 Å². The number of halogens is 1. The lowest BCUT2D eigenvalue weighted by molar-refractivity contribution is -0.123. The van der Waals surface area contributed by atoms with Crippen molar-refractivity contribution in [3.05, 3.63) is 41.0 Å². The van der Waals surface area contributed by atoms with E-state index in [1.165, 1.54) is 0 Å².